The summed E-state index contributed by atoms with van der Waals surface area (Å²) in [5.41, 5.74) is -0.384. The molecule has 1 saturated heterocycles. The summed E-state index contributed by atoms with van der Waals surface area (Å²) in [4.78, 5) is 38.8. The van der Waals surface area contributed by atoms with E-state index in [1.807, 2.05) is 0 Å². The molecule has 1 aromatic heterocycles. The molecule has 10 nitrogen and oxygen atoms in total. The number of para-hydroxylation sites is 2. The fraction of sp³-hybridized carbons (Fsp3) is 0.522. The Morgan fingerprint density at radius 1 is 1.24 bits per heavy atom. The fourth-order valence-electron chi connectivity index (χ4n) is 4.36. The lowest BCUT2D eigenvalue weighted by atomic mass is 9.92. The number of benzene rings is 1. The molecule has 2 heterocycles. The number of morpholine rings is 1. The van der Waals surface area contributed by atoms with Crippen LogP contribution in [-0.2, 0) is 4.74 Å². The first kappa shape index (κ1) is 24.5. The van der Waals surface area contributed by atoms with E-state index in [4.69, 9.17) is 4.74 Å². The van der Waals surface area contributed by atoms with E-state index < -0.39 is 16.3 Å². The molecule has 1 aliphatic rings. The minimum Gasteiger partial charge on any atom is -0.379 e. The first-order chi connectivity index (χ1) is 15.9. The van der Waals surface area contributed by atoms with Gasteiger partial charge in [-0.3, -0.25) is 24.6 Å². The summed E-state index contributed by atoms with van der Waals surface area (Å²) in [5, 5.41) is 18.6. The van der Waals surface area contributed by atoms with Crippen molar-refractivity contribution in [2.75, 3.05) is 32.8 Å². The van der Waals surface area contributed by atoms with Gasteiger partial charge in [-0.15, -0.1) is 0 Å². The first-order valence-electron chi connectivity index (χ1n) is 11.3. The molecule has 1 amide bonds. The van der Waals surface area contributed by atoms with Crippen LogP contribution >= 0.6 is 0 Å². The molecule has 0 bridgehead atoms. The summed E-state index contributed by atoms with van der Waals surface area (Å²) in [5.74, 6) is -0.199. The fourth-order valence-corrected chi connectivity index (χ4v) is 4.36. The van der Waals surface area contributed by atoms with Crippen LogP contribution in [0.15, 0.2) is 35.1 Å². The Morgan fingerprint density at radius 2 is 1.91 bits per heavy atom. The van der Waals surface area contributed by atoms with E-state index in [0.717, 1.165) is 25.9 Å². The number of aromatic nitrogens is 2. The van der Waals surface area contributed by atoms with Crippen molar-refractivity contribution in [2.24, 2.45) is 5.92 Å². The van der Waals surface area contributed by atoms with Crippen molar-refractivity contribution >= 4 is 11.6 Å². The monoisotopic (exact) mass is 457 g/mol. The Labute approximate surface area is 192 Å². The standard InChI is InChI=1S/C23H31N5O5/c1-4-17(5-2)20(26-10-12-33-13-11-26)15-24-23(30)22-21(29)14-16(3)27(25-22)18-8-6-7-9-19(18)28(31)32/h6-9,14,17,20H,4-5,10-13,15H2,1-3H3,(H,24,30). The maximum absolute atomic E-state index is 13.0. The number of ether oxygens (including phenoxy) is 1. The van der Waals surface area contributed by atoms with Gasteiger partial charge in [0.05, 0.1) is 18.1 Å². The molecule has 1 aromatic carbocycles. The number of nitro benzene ring substituents is 1. The summed E-state index contributed by atoms with van der Waals surface area (Å²) in [7, 11) is 0. The number of carbonyl (C=O) groups excluding carboxylic acids is 1. The Bertz CT molecular complexity index is 1040. The van der Waals surface area contributed by atoms with E-state index in [0.29, 0.717) is 31.4 Å². The molecule has 10 heteroatoms. The predicted octanol–water partition coefficient (Wildman–Crippen LogP) is 2.32. The predicted molar refractivity (Wildman–Crippen MR) is 124 cm³/mol. The highest BCUT2D eigenvalue weighted by Crippen LogP contribution is 2.22. The smallest absolute Gasteiger partial charge is 0.294 e. The van der Waals surface area contributed by atoms with Crippen LogP contribution in [0.4, 0.5) is 5.69 Å². The van der Waals surface area contributed by atoms with Crippen molar-refractivity contribution < 1.29 is 14.5 Å². The second kappa shape index (κ2) is 11.2. The highest BCUT2D eigenvalue weighted by molar-refractivity contribution is 5.92. The Kier molecular flexibility index (Phi) is 8.29. The van der Waals surface area contributed by atoms with Crippen LogP contribution in [0.1, 0.15) is 42.9 Å². The molecule has 1 unspecified atom stereocenters. The van der Waals surface area contributed by atoms with Crippen LogP contribution in [0.3, 0.4) is 0 Å². The second-order valence-corrected chi connectivity index (χ2v) is 8.16. The molecule has 33 heavy (non-hydrogen) atoms. The van der Waals surface area contributed by atoms with E-state index in [2.05, 4.69) is 29.2 Å². The van der Waals surface area contributed by atoms with Crippen molar-refractivity contribution in [1.82, 2.24) is 20.0 Å². The summed E-state index contributed by atoms with van der Waals surface area (Å²) >= 11 is 0. The van der Waals surface area contributed by atoms with E-state index in [1.165, 1.54) is 22.9 Å². The molecule has 178 valence electrons. The highest BCUT2D eigenvalue weighted by atomic mass is 16.6. The lowest BCUT2D eigenvalue weighted by Crippen LogP contribution is -2.52. The average molecular weight is 458 g/mol. The van der Waals surface area contributed by atoms with Gasteiger partial charge >= 0.3 is 0 Å². The van der Waals surface area contributed by atoms with Gasteiger partial charge in [-0.25, -0.2) is 4.68 Å². The van der Waals surface area contributed by atoms with Gasteiger partial charge in [-0.1, -0.05) is 38.8 Å². The number of nitrogens with zero attached hydrogens (tertiary/aromatic N) is 4. The van der Waals surface area contributed by atoms with Crippen molar-refractivity contribution in [2.45, 2.75) is 39.7 Å². The van der Waals surface area contributed by atoms with Crippen molar-refractivity contribution in [1.29, 1.82) is 0 Å². The molecule has 1 fully saturated rings. The molecule has 0 radical (unpaired) electrons. The summed E-state index contributed by atoms with van der Waals surface area (Å²) in [6.45, 7) is 9.18. The zero-order chi connectivity index (χ0) is 24.0. The molecule has 1 atom stereocenters. The second-order valence-electron chi connectivity index (χ2n) is 8.16. The number of nitrogens with one attached hydrogen (secondary N) is 1. The van der Waals surface area contributed by atoms with Crippen molar-refractivity contribution in [3.63, 3.8) is 0 Å². The third-order valence-corrected chi connectivity index (χ3v) is 6.21. The van der Waals surface area contributed by atoms with E-state index >= 15 is 0 Å². The molecular weight excluding hydrogens is 426 g/mol. The van der Waals surface area contributed by atoms with Gasteiger partial charge in [0.15, 0.2) is 5.69 Å². The SMILES string of the molecule is CCC(CC)C(CNC(=O)c1nn(-c2ccccc2[N+](=O)[O-])c(C)cc1=O)N1CCOCC1. The highest BCUT2D eigenvalue weighted by Gasteiger charge is 2.28. The Balaban J connectivity index is 1.87. The molecule has 0 saturated carbocycles. The number of hydrogen-bond donors (Lipinski definition) is 1. The number of amides is 1. The van der Waals surface area contributed by atoms with Crippen LogP contribution < -0.4 is 10.7 Å². The minimum atomic E-state index is -0.587. The normalized spacial score (nSPS) is 15.4. The zero-order valence-corrected chi connectivity index (χ0v) is 19.3. The van der Waals surface area contributed by atoms with Gasteiger partial charge in [0.25, 0.3) is 11.6 Å². The molecule has 1 N–H and O–H groups in total. The topological polar surface area (TPSA) is 120 Å². The molecule has 0 spiro atoms. The largest absolute Gasteiger partial charge is 0.379 e. The lowest BCUT2D eigenvalue weighted by molar-refractivity contribution is -0.384. The van der Waals surface area contributed by atoms with Gasteiger partial charge in [0, 0.05) is 43.5 Å². The van der Waals surface area contributed by atoms with Gasteiger partial charge in [0.1, 0.15) is 5.69 Å². The zero-order valence-electron chi connectivity index (χ0n) is 19.3. The van der Waals surface area contributed by atoms with Crippen molar-refractivity contribution in [3.05, 3.63) is 62.1 Å². The van der Waals surface area contributed by atoms with Gasteiger partial charge < -0.3 is 10.1 Å². The van der Waals surface area contributed by atoms with Gasteiger partial charge in [-0.05, 0) is 18.9 Å². The van der Waals surface area contributed by atoms with Crippen LogP contribution in [0.25, 0.3) is 5.69 Å². The first-order valence-corrected chi connectivity index (χ1v) is 11.3. The lowest BCUT2D eigenvalue weighted by Gasteiger charge is -2.38. The van der Waals surface area contributed by atoms with Crippen molar-refractivity contribution in [3.8, 4) is 5.69 Å². The summed E-state index contributed by atoms with van der Waals surface area (Å²) in [6, 6.07) is 7.48. The number of rotatable bonds is 9. The van der Waals surface area contributed by atoms with E-state index in [-0.39, 0.29) is 23.1 Å². The molecular formula is C23H31N5O5. The third-order valence-electron chi connectivity index (χ3n) is 6.21. The summed E-state index contributed by atoms with van der Waals surface area (Å²) < 4.78 is 6.74. The van der Waals surface area contributed by atoms with Crippen LogP contribution in [0.5, 0.6) is 0 Å². The van der Waals surface area contributed by atoms with Crippen LogP contribution in [0, 0.1) is 23.0 Å². The maximum atomic E-state index is 13.0. The number of nitro groups is 1. The van der Waals surface area contributed by atoms with Crippen LogP contribution in [0.2, 0.25) is 0 Å². The average Bonchev–Trinajstić information content (AvgIpc) is 2.82. The Morgan fingerprint density at radius 3 is 2.55 bits per heavy atom. The summed E-state index contributed by atoms with van der Waals surface area (Å²) in [6.07, 6.45) is 1.95. The number of hydrogen-bond acceptors (Lipinski definition) is 7. The Hall–Kier alpha value is -3.11. The molecule has 2 aromatic rings. The van der Waals surface area contributed by atoms with Gasteiger partial charge in [0.2, 0.25) is 5.43 Å². The van der Waals surface area contributed by atoms with Gasteiger partial charge in [-0.2, -0.15) is 5.10 Å². The molecule has 3 rings (SSSR count). The number of carbonyl (C=O) groups is 1. The molecule has 0 aliphatic carbocycles. The minimum absolute atomic E-state index is 0.121. The number of aryl methyl sites for hydroxylation is 1. The van der Waals surface area contributed by atoms with Crippen LogP contribution in [-0.4, -0.2) is 64.4 Å². The van der Waals surface area contributed by atoms with E-state index in [9.17, 15) is 19.7 Å². The van der Waals surface area contributed by atoms with E-state index in [1.54, 1.807) is 19.1 Å². The molecule has 1 aliphatic heterocycles. The third kappa shape index (κ3) is 5.63. The quantitative estimate of drug-likeness (QED) is 0.453. The maximum Gasteiger partial charge on any atom is 0.294 e.